The minimum Gasteiger partial charge on any atom is -0.396 e. The first-order valence-electron chi connectivity index (χ1n) is 9.12. The maximum absolute atomic E-state index is 8.96. The molecule has 1 aromatic carbocycles. The molecule has 0 saturated heterocycles. The number of hydrogen-bond donors (Lipinski definition) is 1. The first-order chi connectivity index (χ1) is 10.9. The van der Waals surface area contributed by atoms with E-state index in [1.165, 1.54) is 63.4 Å². The average Bonchev–Trinajstić information content (AvgIpc) is 2.56. The van der Waals surface area contributed by atoms with Crippen LogP contribution in [0.4, 0.5) is 0 Å². The molecule has 1 unspecified atom stereocenters. The van der Waals surface area contributed by atoms with Gasteiger partial charge in [0, 0.05) is 11.5 Å². The number of aliphatic hydroxyl groups excluding tert-OH is 1. The topological polar surface area (TPSA) is 20.2 Å². The van der Waals surface area contributed by atoms with E-state index in [9.17, 15) is 0 Å². The molecule has 1 rings (SSSR count). The van der Waals surface area contributed by atoms with Crippen LogP contribution in [0, 0.1) is 0 Å². The average molecular weight is 323 g/mol. The minimum absolute atomic E-state index is 0.296. The first-order valence-corrected chi connectivity index (χ1v) is 10.3. The van der Waals surface area contributed by atoms with Crippen molar-refractivity contribution in [1.29, 1.82) is 0 Å². The molecular weight excluding hydrogens is 288 g/mol. The summed E-state index contributed by atoms with van der Waals surface area (Å²) in [7, 11) is 0. The van der Waals surface area contributed by atoms with E-state index in [4.69, 9.17) is 5.11 Å². The second kappa shape index (κ2) is 14.1. The van der Waals surface area contributed by atoms with Crippen LogP contribution in [-0.4, -0.2) is 23.2 Å². The zero-order valence-electron chi connectivity index (χ0n) is 14.3. The molecule has 1 atom stereocenters. The van der Waals surface area contributed by atoms with Gasteiger partial charge in [0.15, 0.2) is 0 Å². The van der Waals surface area contributed by atoms with Crippen molar-refractivity contribution in [2.24, 2.45) is 0 Å². The third-order valence-electron chi connectivity index (χ3n) is 4.23. The number of benzene rings is 1. The molecule has 0 amide bonds. The fraction of sp³-hybridized carbons (Fsp3) is 0.700. The molecule has 22 heavy (non-hydrogen) atoms. The molecule has 0 aliphatic heterocycles. The lowest BCUT2D eigenvalue weighted by Crippen LogP contribution is -2.04. The van der Waals surface area contributed by atoms with Gasteiger partial charge in [-0.15, -0.1) is 0 Å². The standard InChI is InChI=1S/C20H34OS/c1-2-3-4-5-6-7-8-10-15-20(18-22-17-16-21)19-13-11-9-12-14-19/h9,11-14,20-21H,2-8,10,15-18H2,1H3. The van der Waals surface area contributed by atoms with Crippen molar-refractivity contribution in [3.8, 4) is 0 Å². The van der Waals surface area contributed by atoms with Crippen LogP contribution in [0.2, 0.25) is 0 Å². The van der Waals surface area contributed by atoms with Crippen LogP contribution in [0.1, 0.15) is 76.2 Å². The highest BCUT2D eigenvalue weighted by Gasteiger charge is 2.11. The van der Waals surface area contributed by atoms with Crippen LogP contribution in [0.25, 0.3) is 0 Å². The van der Waals surface area contributed by atoms with Crippen LogP contribution >= 0.6 is 11.8 Å². The van der Waals surface area contributed by atoms with Crippen molar-refractivity contribution in [1.82, 2.24) is 0 Å². The maximum atomic E-state index is 8.96. The van der Waals surface area contributed by atoms with Gasteiger partial charge in [-0.1, -0.05) is 88.6 Å². The molecule has 0 aliphatic carbocycles. The van der Waals surface area contributed by atoms with Gasteiger partial charge in [0.05, 0.1) is 6.61 Å². The Morgan fingerprint density at radius 1 is 0.909 bits per heavy atom. The maximum Gasteiger partial charge on any atom is 0.0521 e. The normalized spacial score (nSPS) is 12.5. The number of hydrogen-bond acceptors (Lipinski definition) is 2. The van der Waals surface area contributed by atoms with Crippen molar-refractivity contribution in [2.45, 2.75) is 70.6 Å². The van der Waals surface area contributed by atoms with E-state index in [0.29, 0.717) is 12.5 Å². The minimum atomic E-state index is 0.296. The van der Waals surface area contributed by atoms with Crippen LogP contribution < -0.4 is 0 Å². The molecule has 0 aliphatic rings. The summed E-state index contributed by atoms with van der Waals surface area (Å²) in [6.45, 7) is 2.57. The molecule has 1 aromatic rings. The van der Waals surface area contributed by atoms with Crippen molar-refractivity contribution >= 4 is 11.8 Å². The van der Waals surface area contributed by atoms with E-state index in [-0.39, 0.29) is 0 Å². The van der Waals surface area contributed by atoms with E-state index in [1.807, 2.05) is 11.8 Å². The first kappa shape index (κ1) is 19.6. The molecular formula is C20H34OS. The van der Waals surface area contributed by atoms with Crippen molar-refractivity contribution in [3.63, 3.8) is 0 Å². The van der Waals surface area contributed by atoms with Gasteiger partial charge in [-0.3, -0.25) is 0 Å². The van der Waals surface area contributed by atoms with Gasteiger partial charge in [0.2, 0.25) is 0 Å². The highest BCUT2D eigenvalue weighted by Crippen LogP contribution is 2.26. The lowest BCUT2D eigenvalue weighted by Gasteiger charge is -2.17. The van der Waals surface area contributed by atoms with Crippen molar-refractivity contribution in [3.05, 3.63) is 35.9 Å². The Hall–Kier alpha value is -0.470. The Morgan fingerprint density at radius 2 is 1.55 bits per heavy atom. The van der Waals surface area contributed by atoms with Crippen LogP contribution in [-0.2, 0) is 0 Å². The van der Waals surface area contributed by atoms with Crippen molar-refractivity contribution < 1.29 is 5.11 Å². The summed E-state index contributed by atoms with van der Waals surface area (Å²) in [5.41, 5.74) is 1.47. The monoisotopic (exact) mass is 322 g/mol. The Kier molecular flexibility index (Phi) is 12.6. The summed E-state index contributed by atoms with van der Waals surface area (Å²) in [6.07, 6.45) is 12.4. The second-order valence-corrected chi connectivity index (χ2v) is 7.32. The molecule has 0 spiro atoms. The third kappa shape index (κ3) is 9.53. The smallest absolute Gasteiger partial charge is 0.0521 e. The van der Waals surface area contributed by atoms with E-state index < -0.39 is 0 Å². The summed E-state index contributed by atoms with van der Waals surface area (Å²) >= 11 is 1.88. The molecule has 1 N–H and O–H groups in total. The van der Waals surface area contributed by atoms with Gasteiger partial charge >= 0.3 is 0 Å². The fourth-order valence-corrected chi connectivity index (χ4v) is 3.83. The van der Waals surface area contributed by atoms with E-state index in [0.717, 1.165) is 11.5 Å². The lowest BCUT2D eigenvalue weighted by molar-refractivity contribution is 0.322. The number of thioether (sulfide) groups is 1. The van der Waals surface area contributed by atoms with E-state index >= 15 is 0 Å². The molecule has 1 nitrogen and oxygen atoms in total. The molecule has 0 bridgehead atoms. The summed E-state index contributed by atoms with van der Waals surface area (Å²) in [5, 5.41) is 8.96. The summed E-state index contributed by atoms with van der Waals surface area (Å²) in [6, 6.07) is 10.9. The Bertz CT molecular complexity index is 339. The molecule has 0 heterocycles. The molecule has 0 aromatic heterocycles. The van der Waals surface area contributed by atoms with Crippen LogP contribution in [0.5, 0.6) is 0 Å². The molecule has 0 saturated carbocycles. The lowest BCUT2D eigenvalue weighted by atomic mass is 9.94. The van der Waals surface area contributed by atoms with Gasteiger partial charge in [0.25, 0.3) is 0 Å². The predicted molar refractivity (Wildman–Crippen MR) is 101 cm³/mol. The molecule has 0 fully saturated rings. The molecule has 2 heteroatoms. The SMILES string of the molecule is CCCCCCCCCCC(CSCCO)c1ccccc1. The fourth-order valence-electron chi connectivity index (χ4n) is 2.89. The van der Waals surface area contributed by atoms with E-state index in [1.54, 1.807) is 0 Å². The number of aliphatic hydroxyl groups is 1. The van der Waals surface area contributed by atoms with Crippen LogP contribution in [0.3, 0.4) is 0 Å². The van der Waals surface area contributed by atoms with Crippen LogP contribution in [0.15, 0.2) is 30.3 Å². The number of rotatable bonds is 14. The predicted octanol–water partition coefficient (Wildman–Crippen LogP) is 6.03. The highest BCUT2D eigenvalue weighted by atomic mass is 32.2. The quantitative estimate of drug-likeness (QED) is 0.422. The van der Waals surface area contributed by atoms with E-state index in [2.05, 4.69) is 37.3 Å². The molecule has 0 radical (unpaired) electrons. The van der Waals surface area contributed by atoms with Gasteiger partial charge < -0.3 is 5.11 Å². The Morgan fingerprint density at radius 3 is 2.18 bits per heavy atom. The largest absolute Gasteiger partial charge is 0.396 e. The Balaban J connectivity index is 2.21. The highest BCUT2D eigenvalue weighted by molar-refractivity contribution is 7.99. The zero-order chi connectivity index (χ0) is 15.9. The number of unbranched alkanes of at least 4 members (excludes halogenated alkanes) is 7. The van der Waals surface area contributed by atoms with Gasteiger partial charge in [-0.25, -0.2) is 0 Å². The van der Waals surface area contributed by atoms with Gasteiger partial charge in [0.1, 0.15) is 0 Å². The molecule has 126 valence electrons. The summed E-state index contributed by atoms with van der Waals surface area (Å²) in [5.74, 6) is 2.65. The van der Waals surface area contributed by atoms with Crippen molar-refractivity contribution in [2.75, 3.05) is 18.1 Å². The summed E-state index contributed by atoms with van der Waals surface area (Å²) < 4.78 is 0. The zero-order valence-corrected chi connectivity index (χ0v) is 15.1. The van der Waals surface area contributed by atoms with Gasteiger partial charge in [-0.2, -0.15) is 11.8 Å². The third-order valence-corrected chi connectivity index (χ3v) is 5.34. The second-order valence-electron chi connectivity index (χ2n) is 6.17. The Labute approximate surface area is 141 Å². The van der Waals surface area contributed by atoms with Gasteiger partial charge in [-0.05, 0) is 17.9 Å². The summed E-state index contributed by atoms with van der Waals surface area (Å²) in [4.78, 5) is 0.